The molecular formula is C32H55N3O15. The molecule has 0 unspecified atom stereocenters. The molecule has 2 amide bonds. The van der Waals surface area contributed by atoms with Crippen molar-refractivity contribution in [3.05, 3.63) is 27.8 Å². The van der Waals surface area contributed by atoms with Gasteiger partial charge in [0.2, 0.25) is 11.8 Å². The largest absolute Gasteiger partial charge is 0.493 e. The summed E-state index contributed by atoms with van der Waals surface area (Å²) in [5.41, 5.74) is -0.797. The Hall–Kier alpha value is -3.20. The molecular weight excluding hydrogens is 666 g/mol. The van der Waals surface area contributed by atoms with Gasteiger partial charge in [0.1, 0.15) is 6.61 Å². The highest BCUT2D eigenvalue weighted by Gasteiger charge is 2.32. The van der Waals surface area contributed by atoms with Gasteiger partial charge in [0.05, 0.1) is 122 Å². The van der Waals surface area contributed by atoms with Crippen LogP contribution in [0, 0.1) is 15.5 Å². The van der Waals surface area contributed by atoms with Crippen LogP contribution in [-0.2, 0) is 54.1 Å². The van der Waals surface area contributed by atoms with Crippen LogP contribution in [-0.4, -0.2) is 156 Å². The summed E-state index contributed by atoms with van der Waals surface area (Å²) in [4.78, 5) is 34.9. The number of aliphatic hydroxyl groups is 1. The molecule has 3 N–H and O–H groups in total. The van der Waals surface area contributed by atoms with Crippen molar-refractivity contribution in [2.75, 3.05) is 134 Å². The van der Waals surface area contributed by atoms with Crippen LogP contribution in [0.1, 0.15) is 18.4 Å². The smallest absolute Gasteiger partial charge is 0.278 e. The lowest BCUT2D eigenvalue weighted by atomic mass is 9.92. The van der Waals surface area contributed by atoms with Gasteiger partial charge in [-0.2, -0.15) is 0 Å². The van der Waals surface area contributed by atoms with Crippen LogP contribution >= 0.6 is 0 Å². The molecule has 0 radical (unpaired) electrons. The zero-order valence-electron chi connectivity index (χ0n) is 29.7. The van der Waals surface area contributed by atoms with Crippen molar-refractivity contribution >= 4 is 17.5 Å². The topological polar surface area (TPSA) is 214 Å². The highest BCUT2D eigenvalue weighted by Crippen LogP contribution is 2.35. The van der Waals surface area contributed by atoms with Crippen LogP contribution in [0.15, 0.2) is 12.1 Å². The average molecular weight is 722 g/mol. The first kappa shape index (κ1) is 44.8. The number of ether oxygens (including phenoxy) is 10. The fourth-order valence-corrected chi connectivity index (χ4v) is 4.23. The number of hydrogen-bond acceptors (Lipinski definition) is 15. The van der Waals surface area contributed by atoms with E-state index >= 15 is 0 Å². The van der Waals surface area contributed by atoms with Gasteiger partial charge in [-0.15, -0.1) is 0 Å². The Morgan fingerprint density at radius 1 is 0.720 bits per heavy atom. The first-order valence-electron chi connectivity index (χ1n) is 16.2. The summed E-state index contributed by atoms with van der Waals surface area (Å²) >= 11 is 0. The number of nitrogens with zero attached hydrogens (tertiary/aromatic N) is 1. The maximum absolute atomic E-state index is 12.2. The monoisotopic (exact) mass is 721 g/mol. The highest BCUT2D eigenvalue weighted by molar-refractivity contribution is 5.77. The van der Waals surface area contributed by atoms with Crippen molar-refractivity contribution in [3.8, 4) is 11.5 Å². The van der Waals surface area contributed by atoms with Crippen molar-refractivity contribution in [1.29, 1.82) is 0 Å². The number of benzene rings is 1. The molecule has 0 aliphatic heterocycles. The van der Waals surface area contributed by atoms with E-state index in [4.69, 9.17) is 47.4 Å². The number of carbonyl (C=O) groups excluding carboxylic acids is 2. The van der Waals surface area contributed by atoms with Gasteiger partial charge in [-0.1, -0.05) is 0 Å². The molecule has 0 bridgehead atoms. The number of aliphatic hydroxyl groups excluding tert-OH is 1. The Balaban J connectivity index is 2.34. The summed E-state index contributed by atoms with van der Waals surface area (Å²) in [6, 6.07) is 2.52. The fourth-order valence-electron chi connectivity index (χ4n) is 4.23. The van der Waals surface area contributed by atoms with E-state index < -0.39 is 16.9 Å². The van der Waals surface area contributed by atoms with Gasteiger partial charge in [0.15, 0.2) is 11.5 Å². The van der Waals surface area contributed by atoms with E-state index in [0.29, 0.717) is 65.9 Å². The second-order valence-corrected chi connectivity index (χ2v) is 10.9. The summed E-state index contributed by atoms with van der Waals surface area (Å²) in [5, 5.41) is 26.0. The standard InChI is InChI=1S/C32H55N3O15/c1-41-10-13-46-22-32(23-47-14-11-42-2,24-48-15-12-43-3)25-49-17-16-45-21-31(38)34-8-7-33-30(37)6-5-9-50-29-19-27(35(39)40)26(20-36)18-28(29)44-4/h18-19,36H,5-17,20-25H2,1-4H3,(H,33,37)(H,34,38). The van der Waals surface area contributed by atoms with E-state index in [0.717, 1.165) is 0 Å². The lowest BCUT2D eigenvalue weighted by Crippen LogP contribution is -2.43. The Bertz CT molecular complexity index is 1050. The van der Waals surface area contributed by atoms with Gasteiger partial charge in [0, 0.05) is 40.8 Å². The van der Waals surface area contributed by atoms with Crippen molar-refractivity contribution < 1.29 is 67.0 Å². The van der Waals surface area contributed by atoms with Crippen LogP contribution in [0.5, 0.6) is 11.5 Å². The van der Waals surface area contributed by atoms with Crippen LogP contribution in [0.25, 0.3) is 0 Å². The Kier molecular flexibility index (Phi) is 25.5. The third kappa shape index (κ3) is 19.9. The zero-order chi connectivity index (χ0) is 36.9. The highest BCUT2D eigenvalue weighted by atomic mass is 16.6. The fraction of sp³-hybridized carbons (Fsp3) is 0.750. The van der Waals surface area contributed by atoms with Gasteiger partial charge >= 0.3 is 0 Å². The molecule has 0 aliphatic rings. The van der Waals surface area contributed by atoms with Crippen LogP contribution in [0.3, 0.4) is 0 Å². The number of nitro benzene ring substituents is 1. The summed E-state index contributed by atoms with van der Waals surface area (Å²) in [6.45, 7) is 3.95. The average Bonchev–Trinajstić information content (AvgIpc) is 3.11. The molecule has 0 saturated carbocycles. The summed E-state index contributed by atoms with van der Waals surface area (Å²) in [6.07, 6.45) is 0.464. The molecule has 50 heavy (non-hydrogen) atoms. The first-order valence-corrected chi connectivity index (χ1v) is 16.2. The molecule has 1 rings (SSSR count). The maximum Gasteiger partial charge on any atom is 0.278 e. The minimum atomic E-state index is -0.619. The molecule has 0 heterocycles. The molecule has 0 aromatic heterocycles. The predicted molar refractivity (Wildman–Crippen MR) is 178 cm³/mol. The summed E-state index contributed by atoms with van der Waals surface area (Å²) in [5.74, 6) is -0.228. The van der Waals surface area contributed by atoms with E-state index in [1.165, 1.54) is 19.2 Å². The van der Waals surface area contributed by atoms with E-state index in [1.807, 2.05) is 0 Å². The number of rotatable bonds is 33. The zero-order valence-corrected chi connectivity index (χ0v) is 29.7. The number of hydrogen-bond donors (Lipinski definition) is 3. The normalized spacial score (nSPS) is 11.4. The molecule has 0 fully saturated rings. The molecule has 1 aromatic carbocycles. The Morgan fingerprint density at radius 3 is 1.70 bits per heavy atom. The molecule has 0 aliphatic carbocycles. The second kappa shape index (κ2) is 28.5. The van der Waals surface area contributed by atoms with Crippen molar-refractivity contribution in [2.45, 2.75) is 19.4 Å². The molecule has 0 spiro atoms. The van der Waals surface area contributed by atoms with Gasteiger partial charge in [-0.25, -0.2) is 0 Å². The quantitative estimate of drug-likeness (QED) is 0.0512. The Morgan fingerprint density at radius 2 is 1.22 bits per heavy atom. The lowest BCUT2D eigenvalue weighted by molar-refractivity contribution is -0.385. The van der Waals surface area contributed by atoms with E-state index in [1.54, 1.807) is 21.3 Å². The lowest BCUT2D eigenvalue weighted by Gasteiger charge is -2.33. The second-order valence-electron chi connectivity index (χ2n) is 10.9. The number of nitro groups is 1. The summed E-state index contributed by atoms with van der Waals surface area (Å²) in [7, 11) is 6.18. The van der Waals surface area contributed by atoms with Crippen LogP contribution in [0.2, 0.25) is 0 Å². The number of nitrogens with one attached hydrogen (secondary N) is 2. The van der Waals surface area contributed by atoms with Gasteiger partial charge in [-0.3, -0.25) is 19.7 Å². The number of amides is 2. The Labute approximate surface area is 293 Å². The number of methoxy groups -OCH3 is 4. The van der Waals surface area contributed by atoms with Gasteiger partial charge in [0.25, 0.3) is 5.69 Å². The third-order valence-corrected chi connectivity index (χ3v) is 6.84. The van der Waals surface area contributed by atoms with Crippen molar-refractivity contribution in [2.24, 2.45) is 5.41 Å². The molecule has 288 valence electrons. The minimum Gasteiger partial charge on any atom is -0.493 e. The van der Waals surface area contributed by atoms with Gasteiger partial charge in [-0.05, 0) is 12.5 Å². The molecule has 18 nitrogen and oxygen atoms in total. The molecule has 0 atom stereocenters. The predicted octanol–water partition coefficient (Wildman–Crippen LogP) is 0.496. The van der Waals surface area contributed by atoms with Gasteiger partial charge < -0.3 is 63.1 Å². The SMILES string of the molecule is COCCOCC(COCCOC)(COCCOC)COCCOCC(=O)NCCNC(=O)CCCOc1cc([N+](=O)[O-])c(CO)cc1OC. The maximum atomic E-state index is 12.2. The van der Waals surface area contributed by atoms with E-state index in [-0.39, 0.29) is 87.1 Å². The van der Waals surface area contributed by atoms with Crippen LogP contribution < -0.4 is 20.1 Å². The molecule has 1 aromatic rings. The first-order chi connectivity index (χ1) is 24.2. The number of carbonyl (C=O) groups is 2. The van der Waals surface area contributed by atoms with Crippen molar-refractivity contribution in [3.63, 3.8) is 0 Å². The summed E-state index contributed by atoms with van der Waals surface area (Å²) < 4.78 is 54.8. The van der Waals surface area contributed by atoms with E-state index in [9.17, 15) is 24.8 Å². The van der Waals surface area contributed by atoms with E-state index in [2.05, 4.69) is 10.6 Å². The third-order valence-electron chi connectivity index (χ3n) is 6.84. The minimum absolute atomic E-state index is 0.0981. The van der Waals surface area contributed by atoms with Crippen molar-refractivity contribution in [1.82, 2.24) is 10.6 Å². The molecule has 18 heteroatoms. The van der Waals surface area contributed by atoms with Crippen LogP contribution in [0.4, 0.5) is 5.69 Å². The molecule has 0 saturated heterocycles.